The Balaban J connectivity index is 1.96. The van der Waals surface area contributed by atoms with E-state index in [-0.39, 0.29) is 11.8 Å². The maximum Gasteiger partial charge on any atom is 0.248 e. The highest BCUT2D eigenvalue weighted by Crippen LogP contribution is 2.16. The van der Waals surface area contributed by atoms with E-state index in [0.29, 0.717) is 18.0 Å². The lowest BCUT2D eigenvalue weighted by Gasteiger charge is -2.06. The second-order valence-electron chi connectivity index (χ2n) is 5.09. The number of carbonyl (C=O) groups excluding carboxylic acids is 2. The van der Waals surface area contributed by atoms with Crippen molar-refractivity contribution in [2.45, 2.75) is 13.8 Å². The predicted molar refractivity (Wildman–Crippen MR) is 96.0 cm³/mol. The normalized spacial score (nSPS) is 10.4. The summed E-state index contributed by atoms with van der Waals surface area (Å²) in [6.07, 6.45) is 3.18. The highest BCUT2D eigenvalue weighted by atomic mass is 16.5. The topological polar surface area (TPSA) is 67.4 Å². The molecule has 0 aliphatic heterocycles. The summed E-state index contributed by atoms with van der Waals surface area (Å²) in [5, 5.41) is 5.43. The first kappa shape index (κ1) is 17.3. The molecule has 2 N–H and O–H groups in total. The highest BCUT2D eigenvalue weighted by Gasteiger charge is 2.01. The van der Waals surface area contributed by atoms with E-state index in [1.54, 1.807) is 30.3 Å². The van der Waals surface area contributed by atoms with Gasteiger partial charge in [-0.05, 0) is 48.9 Å². The smallest absolute Gasteiger partial charge is 0.248 e. The molecule has 0 fully saturated rings. The van der Waals surface area contributed by atoms with Gasteiger partial charge in [-0.1, -0.05) is 18.2 Å². The van der Waals surface area contributed by atoms with Crippen LogP contribution >= 0.6 is 0 Å². The molecule has 0 aliphatic carbocycles. The molecule has 0 atom stereocenters. The number of amides is 2. The minimum absolute atomic E-state index is 0.158. The van der Waals surface area contributed by atoms with Gasteiger partial charge in [0.25, 0.3) is 0 Å². The third kappa shape index (κ3) is 5.61. The zero-order chi connectivity index (χ0) is 17.4. The van der Waals surface area contributed by atoms with Crippen LogP contribution in [-0.4, -0.2) is 18.4 Å². The average molecular weight is 324 g/mol. The first-order valence-electron chi connectivity index (χ1n) is 7.66. The lowest BCUT2D eigenvalue weighted by atomic mass is 10.2. The van der Waals surface area contributed by atoms with Gasteiger partial charge in [0.05, 0.1) is 6.61 Å². The first-order chi connectivity index (χ1) is 11.6. The van der Waals surface area contributed by atoms with E-state index in [2.05, 4.69) is 10.6 Å². The van der Waals surface area contributed by atoms with Gasteiger partial charge in [0.1, 0.15) is 5.75 Å². The summed E-state index contributed by atoms with van der Waals surface area (Å²) in [5.41, 5.74) is 2.15. The van der Waals surface area contributed by atoms with Crippen molar-refractivity contribution in [1.29, 1.82) is 0 Å². The maximum atomic E-state index is 12.0. The molecule has 2 aromatic carbocycles. The summed E-state index contributed by atoms with van der Waals surface area (Å²) in [4.78, 5) is 23.0. The molecule has 0 aliphatic rings. The highest BCUT2D eigenvalue weighted by molar-refractivity contribution is 6.02. The molecule has 0 unspecified atom stereocenters. The molecule has 2 amide bonds. The Bertz CT molecular complexity index is 737. The van der Waals surface area contributed by atoms with Gasteiger partial charge in [-0.25, -0.2) is 0 Å². The van der Waals surface area contributed by atoms with Gasteiger partial charge in [-0.15, -0.1) is 0 Å². The molecule has 0 heterocycles. The molecule has 2 rings (SSSR count). The Morgan fingerprint density at radius 2 is 1.71 bits per heavy atom. The van der Waals surface area contributed by atoms with Crippen LogP contribution in [0.5, 0.6) is 5.75 Å². The van der Waals surface area contributed by atoms with E-state index < -0.39 is 0 Å². The van der Waals surface area contributed by atoms with Crippen LogP contribution in [0.2, 0.25) is 0 Å². The van der Waals surface area contributed by atoms with Crippen LogP contribution in [0, 0.1) is 0 Å². The Morgan fingerprint density at radius 3 is 2.33 bits per heavy atom. The molecule has 2 aromatic rings. The average Bonchev–Trinajstić information content (AvgIpc) is 2.54. The quantitative estimate of drug-likeness (QED) is 0.796. The summed E-state index contributed by atoms with van der Waals surface area (Å²) in [6.45, 7) is 3.99. The van der Waals surface area contributed by atoms with Crippen molar-refractivity contribution in [3.05, 3.63) is 60.2 Å². The molecule has 0 aromatic heterocycles. The second kappa shape index (κ2) is 8.53. The zero-order valence-corrected chi connectivity index (χ0v) is 13.7. The lowest BCUT2D eigenvalue weighted by Crippen LogP contribution is -2.09. The fraction of sp³-hybridized carbons (Fsp3) is 0.158. The van der Waals surface area contributed by atoms with Gasteiger partial charge in [0.15, 0.2) is 0 Å². The summed E-state index contributed by atoms with van der Waals surface area (Å²) in [7, 11) is 0. The van der Waals surface area contributed by atoms with E-state index in [1.165, 1.54) is 13.0 Å². The van der Waals surface area contributed by atoms with Crippen LogP contribution in [-0.2, 0) is 9.59 Å². The molecule has 5 nitrogen and oxygen atoms in total. The Kier molecular flexibility index (Phi) is 6.14. The number of carbonyl (C=O) groups is 2. The molecule has 5 heteroatoms. The number of hydrogen-bond donors (Lipinski definition) is 2. The number of anilines is 2. The molecule has 24 heavy (non-hydrogen) atoms. The Morgan fingerprint density at radius 1 is 1.04 bits per heavy atom. The van der Waals surface area contributed by atoms with Gasteiger partial charge in [-0.2, -0.15) is 0 Å². The summed E-state index contributed by atoms with van der Waals surface area (Å²) < 4.78 is 5.37. The molecular formula is C19H20N2O3. The lowest BCUT2D eigenvalue weighted by molar-refractivity contribution is -0.114. The number of benzene rings is 2. The Labute approximate surface area is 141 Å². The van der Waals surface area contributed by atoms with Gasteiger partial charge < -0.3 is 15.4 Å². The summed E-state index contributed by atoms with van der Waals surface area (Å²) in [5.74, 6) is 0.395. The van der Waals surface area contributed by atoms with Gasteiger partial charge in [0, 0.05) is 24.4 Å². The van der Waals surface area contributed by atoms with Gasteiger partial charge in [0.2, 0.25) is 11.8 Å². The molecule has 0 saturated carbocycles. The van der Waals surface area contributed by atoms with Crippen LogP contribution in [0.1, 0.15) is 19.4 Å². The largest absolute Gasteiger partial charge is 0.494 e. The van der Waals surface area contributed by atoms with Crippen molar-refractivity contribution in [2.75, 3.05) is 17.2 Å². The number of ether oxygens (including phenoxy) is 1. The number of nitrogens with one attached hydrogen (secondary N) is 2. The van der Waals surface area contributed by atoms with Crippen molar-refractivity contribution in [2.24, 2.45) is 0 Å². The molecule has 0 bridgehead atoms. The van der Waals surface area contributed by atoms with Gasteiger partial charge in [-0.3, -0.25) is 9.59 Å². The fourth-order valence-corrected chi connectivity index (χ4v) is 2.08. The number of rotatable bonds is 6. The summed E-state index contributed by atoms with van der Waals surface area (Å²) >= 11 is 0. The Hall–Kier alpha value is -3.08. The zero-order valence-electron chi connectivity index (χ0n) is 13.7. The van der Waals surface area contributed by atoms with Crippen molar-refractivity contribution >= 4 is 29.3 Å². The molecular weight excluding hydrogens is 304 g/mol. The third-order valence-corrected chi connectivity index (χ3v) is 3.07. The maximum absolute atomic E-state index is 12.0. The minimum atomic E-state index is -0.246. The fourth-order valence-electron chi connectivity index (χ4n) is 2.08. The first-order valence-corrected chi connectivity index (χ1v) is 7.66. The van der Waals surface area contributed by atoms with Crippen molar-refractivity contribution in [1.82, 2.24) is 0 Å². The molecule has 0 spiro atoms. The standard InChI is InChI=1S/C19H20N2O3/c1-3-24-18-10-7-15(8-11-18)9-12-19(23)21-17-6-4-5-16(13-17)20-14(2)22/h4-13H,3H2,1-2H3,(H,20,22)(H,21,23). The molecule has 124 valence electrons. The second-order valence-corrected chi connectivity index (χ2v) is 5.09. The van der Waals surface area contributed by atoms with E-state index in [4.69, 9.17) is 4.74 Å². The predicted octanol–water partition coefficient (Wildman–Crippen LogP) is 3.70. The SMILES string of the molecule is CCOc1ccc(C=CC(=O)Nc2cccc(NC(C)=O)c2)cc1. The monoisotopic (exact) mass is 324 g/mol. The van der Waals surface area contributed by atoms with Crippen molar-refractivity contribution in [3.63, 3.8) is 0 Å². The van der Waals surface area contributed by atoms with Crippen LogP contribution in [0.25, 0.3) is 6.08 Å². The van der Waals surface area contributed by atoms with E-state index in [0.717, 1.165) is 11.3 Å². The molecule has 0 radical (unpaired) electrons. The van der Waals surface area contributed by atoms with E-state index in [9.17, 15) is 9.59 Å². The van der Waals surface area contributed by atoms with Crippen LogP contribution in [0.3, 0.4) is 0 Å². The van der Waals surface area contributed by atoms with Crippen LogP contribution in [0.15, 0.2) is 54.6 Å². The molecule has 0 saturated heterocycles. The third-order valence-electron chi connectivity index (χ3n) is 3.07. The number of hydrogen-bond acceptors (Lipinski definition) is 3. The van der Waals surface area contributed by atoms with Crippen molar-refractivity contribution < 1.29 is 14.3 Å². The van der Waals surface area contributed by atoms with Crippen LogP contribution in [0.4, 0.5) is 11.4 Å². The van der Waals surface area contributed by atoms with E-state index in [1.807, 2.05) is 31.2 Å². The van der Waals surface area contributed by atoms with Gasteiger partial charge >= 0.3 is 0 Å². The van der Waals surface area contributed by atoms with E-state index >= 15 is 0 Å². The minimum Gasteiger partial charge on any atom is -0.494 e. The summed E-state index contributed by atoms with van der Waals surface area (Å²) in [6, 6.07) is 14.5. The van der Waals surface area contributed by atoms with Crippen LogP contribution < -0.4 is 15.4 Å². The van der Waals surface area contributed by atoms with Crippen molar-refractivity contribution in [3.8, 4) is 5.75 Å².